The highest BCUT2D eigenvalue weighted by Gasteiger charge is 2.49. The number of hydrogen-bond acceptors (Lipinski definition) is 4. The lowest BCUT2D eigenvalue weighted by atomic mass is 9.91. The monoisotopic (exact) mass is 472 g/mol. The van der Waals surface area contributed by atoms with Gasteiger partial charge in [-0.2, -0.15) is 4.31 Å². The van der Waals surface area contributed by atoms with Crippen molar-refractivity contribution in [2.45, 2.75) is 23.3 Å². The van der Waals surface area contributed by atoms with Crippen LogP contribution in [0.2, 0.25) is 0 Å². The number of nitro groups is 1. The Morgan fingerprint density at radius 3 is 2.40 bits per heavy atom. The maximum absolute atomic E-state index is 13.3. The maximum Gasteiger partial charge on any atom is 0.289 e. The molecule has 132 valence electrons. The van der Waals surface area contributed by atoms with Crippen LogP contribution < -0.4 is 0 Å². The molecule has 0 amide bonds. The van der Waals surface area contributed by atoms with E-state index in [4.69, 9.17) is 0 Å². The van der Waals surface area contributed by atoms with Gasteiger partial charge in [0.15, 0.2) is 4.90 Å². The Hall–Kier alpha value is -1.52. The molecule has 1 heterocycles. The molecule has 6 nitrogen and oxygen atoms in total. The van der Waals surface area contributed by atoms with E-state index in [2.05, 4.69) is 22.6 Å². The van der Waals surface area contributed by atoms with Gasteiger partial charge >= 0.3 is 0 Å². The van der Waals surface area contributed by atoms with Gasteiger partial charge in [0.25, 0.3) is 15.7 Å². The summed E-state index contributed by atoms with van der Waals surface area (Å²) in [6, 6.07) is 15.0. The SMILES string of the molecule is O=[N+]([O-])c1ccccc1S(=O)(=O)N1CCC[C@@]1(CI)c1ccccc1. The van der Waals surface area contributed by atoms with E-state index < -0.39 is 20.5 Å². The topological polar surface area (TPSA) is 80.5 Å². The Labute approximate surface area is 160 Å². The fourth-order valence-corrected chi connectivity index (χ4v) is 6.85. The molecule has 25 heavy (non-hydrogen) atoms. The quantitative estimate of drug-likeness (QED) is 0.288. The minimum atomic E-state index is -4.00. The van der Waals surface area contributed by atoms with Crippen molar-refractivity contribution < 1.29 is 13.3 Å². The van der Waals surface area contributed by atoms with Crippen LogP contribution in [-0.4, -0.2) is 28.6 Å². The van der Waals surface area contributed by atoms with E-state index in [0.717, 1.165) is 12.0 Å². The Balaban J connectivity index is 2.16. The molecule has 0 bridgehead atoms. The van der Waals surface area contributed by atoms with Crippen LogP contribution in [-0.2, 0) is 15.6 Å². The number of sulfonamides is 1. The van der Waals surface area contributed by atoms with Gasteiger partial charge in [0.2, 0.25) is 0 Å². The zero-order chi connectivity index (χ0) is 18.1. The molecule has 8 heteroatoms. The van der Waals surface area contributed by atoms with Crippen LogP contribution in [0.25, 0.3) is 0 Å². The molecule has 0 N–H and O–H groups in total. The first kappa shape index (κ1) is 18.3. The molecule has 1 aliphatic rings. The van der Waals surface area contributed by atoms with Crippen LogP contribution in [0.1, 0.15) is 18.4 Å². The van der Waals surface area contributed by atoms with Crippen molar-refractivity contribution >= 4 is 38.3 Å². The van der Waals surface area contributed by atoms with E-state index in [1.165, 1.54) is 28.6 Å². The fourth-order valence-electron chi connectivity index (χ4n) is 3.40. The summed E-state index contributed by atoms with van der Waals surface area (Å²) in [4.78, 5) is 10.4. The number of benzene rings is 2. The van der Waals surface area contributed by atoms with Gasteiger partial charge in [-0.15, -0.1) is 0 Å². The number of para-hydroxylation sites is 1. The lowest BCUT2D eigenvalue weighted by molar-refractivity contribution is -0.387. The summed E-state index contributed by atoms with van der Waals surface area (Å²) in [5, 5.41) is 11.3. The third-order valence-electron chi connectivity index (χ3n) is 4.59. The first-order valence-electron chi connectivity index (χ1n) is 7.81. The van der Waals surface area contributed by atoms with Crippen LogP contribution in [0.3, 0.4) is 0 Å². The van der Waals surface area contributed by atoms with Crippen LogP contribution >= 0.6 is 22.6 Å². The van der Waals surface area contributed by atoms with Crippen LogP contribution in [0.4, 0.5) is 5.69 Å². The van der Waals surface area contributed by atoms with Crippen molar-refractivity contribution in [2.24, 2.45) is 0 Å². The second kappa shape index (κ2) is 7.00. The molecule has 2 aromatic rings. The second-order valence-corrected chi connectivity index (χ2v) is 8.53. The fraction of sp³-hybridized carbons (Fsp3) is 0.294. The first-order chi connectivity index (χ1) is 11.9. The Bertz CT molecular complexity index is 889. The van der Waals surface area contributed by atoms with Gasteiger partial charge in [-0.25, -0.2) is 8.42 Å². The second-order valence-electron chi connectivity index (χ2n) is 5.94. The highest BCUT2D eigenvalue weighted by molar-refractivity contribution is 14.1. The van der Waals surface area contributed by atoms with Crippen LogP contribution in [0.15, 0.2) is 59.5 Å². The number of nitro benzene ring substituents is 1. The smallest absolute Gasteiger partial charge is 0.258 e. The van der Waals surface area contributed by atoms with Gasteiger partial charge in [0, 0.05) is 17.0 Å². The lowest BCUT2D eigenvalue weighted by Crippen LogP contribution is -2.46. The van der Waals surface area contributed by atoms with Gasteiger partial charge in [0.1, 0.15) is 0 Å². The molecule has 0 radical (unpaired) electrons. The lowest BCUT2D eigenvalue weighted by Gasteiger charge is -2.36. The number of nitrogens with zero attached hydrogens (tertiary/aromatic N) is 2. The van der Waals surface area contributed by atoms with E-state index >= 15 is 0 Å². The van der Waals surface area contributed by atoms with Gasteiger partial charge < -0.3 is 0 Å². The van der Waals surface area contributed by atoms with E-state index in [9.17, 15) is 18.5 Å². The molecule has 2 aromatic carbocycles. The average Bonchev–Trinajstić information content (AvgIpc) is 3.08. The number of halogens is 1. The third-order valence-corrected chi connectivity index (χ3v) is 7.87. The minimum Gasteiger partial charge on any atom is -0.258 e. The van der Waals surface area contributed by atoms with Crippen molar-refractivity contribution in [3.8, 4) is 0 Å². The first-order valence-corrected chi connectivity index (χ1v) is 10.8. The van der Waals surface area contributed by atoms with E-state index in [1.807, 2.05) is 30.3 Å². The zero-order valence-electron chi connectivity index (χ0n) is 13.3. The summed E-state index contributed by atoms with van der Waals surface area (Å²) in [5.74, 6) is 0. The largest absolute Gasteiger partial charge is 0.289 e. The highest BCUT2D eigenvalue weighted by Crippen LogP contribution is 2.44. The molecule has 0 unspecified atom stereocenters. The summed E-state index contributed by atoms with van der Waals surface area (Å²) in [7, 11) is -4.00. The summed E-state index contributed by atoms with van der Waals surface area (Å²) in [6.07, 6.45) is 1.41. The Morgan fingerprint density at radius 2 is 1.76 bits per heavy atom. The maximum atomic E-state index is 13.3. The predicted octanol–water partition coefficient (Wildman–Crippen LogP) is 3.71. The Kier molecular flexibility index (Phi) is 5.12. The molecule has 0 aliphatic carbocycles. The standard InChI is InChI=1S/C17H17IN2O4S/c18-13-17(14-7-2-1-3-8-14)11-6-12-19(17)25(23,24)16-10-5-4-9-15(16)20(21)22/h1-5,7-10H,6,11-13H2/t17-/m1/s1. The Morgan fingerprint density at radius 1 is 1.12 bits per heavy atom. The van der Waals surface area contributed by atoms with Gasteiger partial charge in [-0.3, -0.25) is 10.1 Å². The number of alkyl halides is 1. The predicted molar refractivity (Wildman–Crippen MR) is 103 cm³/mol. The zero-order valence-corrected chi connectivity index (χ0v) is 16.3. The van der Waals surface area contributed by atoms with E-state index in [0.29, 0.717) is 17.4 Å². The van der Waals surface area contributed by atoms with Crippen molar-refractivity contribution in [3.05, 3.63) is 70.3 Å². The van der Waals surface area contributed by atoms with Crippen molar-refractivity contribution in [3.63, 3.8) is 0 Å². The van der Waals surface area contributed by atoms with E-state index in [-0.39, 0.29) is 10.6 Å². The van der Waals surface area contributed by atoms with Gasteiger partial charge in [-0.05, 0) is 24.5 Å². The molecule has 1 atom stereocenters. The van der Waals surface area contributed by atoms with Crippen molar-refractivity contribution in [1.82, 2.24) is 4.31 Å². The number of hydrogen-bond donors (Lipinski definition) is 0. The molecule has 1 saturated heterocycles. The third kappa shape index (κ3) is 3.06. The van der Waals surface area contributed by atoms with Crippen LogP contribution in [0, 0.1) is 10.1 Å². The molecule has 1 aliphatic heterocycles. The summed E-state index contributed by atoms with van der Waals surface area (Å²) < 4.78 is 28.7. The molecule has 0 aromatic heterocycles. The van der Waals surface area contributed by atoms with Gasteiger partial charge in [0.05, 0.1) is 10.5 Å². The highest BCUT2D eigenvalue weighted by atomic mass is 127. The summed E-state index contributed by atoms with van der Waals surface area (Å²) >= 11 is 2.20. The minimum absolute atomic E-state index is 0.243. The normalized spacial score (nSPS) is 21.3. The molecule has 3 rings (SSSR count). The molecule has 0 spiro atoms. The average molecular weight is 472 g/mol. The van der Waals surface area contributed by atoms with Crippen molar-refractivity contribution in [1.29, 1.82) is 0 Å². The molecule has 1 fully saturated rings. The summed E-state index contributed by atoms with van der Waals surface area (Å²) in [6.45, 7) is 0.353. The van der Waals surface area contributed by atoms with Gasteiger partial charge in [-0.1, -0.05) is 65.1 Å². The molecular weight excluding hydrogens is 455 g/mol. The molecular formula is C17H17IN2O4S. The number of rotatable bonds is 5. The summed E-state index contributed by atoms with van der Waals surface area (Å²) in [5.41, 5.74) is -0.140. The molecule has 0 saturated carbocycles. The van der Waals surface area contributed by atoms with E-state index in [1.54, 1.807) is 0 Å². The van der Waals surface area contributed by atoms with Crippen LogP contribution in [0.5, 0.6) is 0 Å². The van der Waals surface area contributed by atoms with Crippen molar-refractivity contribution in [2.75, 3.05) is 11.0 Å².